The molecule has 2 aliphatic rings. The highest BCUT2D eigenvalue weighted by atomic mass is 16.1. The van der Waals surface area contributed by atoms with Crippen molar-refractivity contribution in [2.75, 3.05) is 18.4 Å². The minimum atomic E-state index is -0.306. The number of likely N-dealkylation sites (tertiary alicyclic amines) is 1. The fourth-order valence-corrected chi connectivity index (χ4v) is 6.02. The number of fused-ring (bicyclic) bond motifs is 1. The second-order valence-corrected chi connectivity index (χ2v) is 11.5. The van der Waals surface area contributed by atoms with Gasteiger partial charge < -0.3 is 5.32 Å². The Morgan fingerprint density at radius 3 is 2.46 bits per heavy atom. The van der Waals surface area contributed by atoms with Gasteiger partial charge in [0.25, 0.3) is 0 Å². The van der Waals surface area contributed by atoms with Crippen molar-refractivity contribution < 1.29 is 4.79 Å². The van der Waals surface area contributed by atoms with Crippen molar-refractivity contribution in [2.45, 2.75) is 58.0 Å². The number of rotatable bonds is 7. The number of benzene rings is 2. The van der Waals surface area contributed by atoms with Crippen LogP contribution in [0.15, 0.2) is 91.4 Å². The molecule has 4 aromatic rings. The van der Waals surface area contributed by atoms with Gasteiger partial charge in [0, 0.05) is 65.0 Å². The number of aromatic nitrogens is 2. The highest BCUT2D eigenvalue weighted by Crippen LogP contribution is 2.37. The zero-order chi connectivity index (χ0) is 28.2. The molecule has 1 N–H and O–H groups in total. The van der Waals surface area contributed by atoms with Crippen molar-refractivity contribution in [1.82, 2.24) is 14.9 Å². The summed E-state index contributed by atoms with van der Waals surface area (Å²) in [5.74, 6) is -0.196. The molecule has 1 fully saturated rings. The summed E-state index contributed by atoms with van der Waals surface area (Å²) in [6.45, 7) is 7.32. The summed E-state index contributed by atoms with van der Waals surface area (Å²) in [5, 5.41) is 3.54. The van der Waals surface area contributed by atoms with E-state index in [2.05, 4.69) is 57.4 Å². The van der Waals surface area contributed by atoms with Crippen molar-refractivity contribution in [3.05, 3.63) is 108 Å². The zero-order valence-corrected chi connectivity index (χ0v) is 24.0. The Labute approximate surface area is 243 Å². The van der Waals surface area contributed by atoms with E-state index in [1.165, 1.54) is 31.2 Å². The molecule has 2 aliphatic heterocycles. The van der Waals surface area contributed by atoms with Crippen LogP contribution < -0.4 is 5.32 Å². The molecule has 5 nitrogen and oxygen atoms in total. The number of ketones is 1. The fourth-order valence-electron chi connectivity index (χ4n) is 6.02. The van der Waals surface area contributed by atoms with E-state index >= 15 is 0 Å². The molecule has 6 rings (SSSR count). The molecule has 208 valence electrons. The molecule has 2 unspecified atom stereocenters. The number of nitrogens with zero attached hydrogens (tertiary/aromatic N) is 3. The van der Waals surface area contributed by atoms with E-state index in [4.69, 9.17) is 0 Å². The first-order valence-corrected chi connectivity index (χ1v) is 14.9. The van der Waals surface area contributed by atoms with Crippen LogP contribution in [0.1, 0.15) is 62.1 Å². The first-order chi connectivity index (χ1) is 20.0. The normalized spacial score (nSPS) is 18.0. The van der Waals surface area contributed by atoms with Gasteiger partial charge in [-0.05, 0) is 73.8 Å². The van der Waals surface area contributed by atoms with E-state index in [-0.39, 0.29) is 17.7 Å². The summed E-state index contributed by atoms with van der Waals surface area (Å²) in [7, 11) is 0. The average molecular weight is 543 g/mol. The van der Waals surface area contributed by atoms with Gasteiger partial charge in [0.15, 0.2) is 5.78 Å². The molecule has 0 saturated carbocycles. The van der Waals surface area contributed by atoms with Crippen LogP contribution in [-0.4, -0.2) is 39.8 Å². The number of carbonyl (C=O) groups excluding carboxylic acids is 1. The van der Waals surface area contributed by atoms with Gasteiger partial charge in [-0.2, -0.15) is 0 Å². The molecule has 5 heteroatoms. The molecule has 2 aromatic heterocycles. The van der Waals surface area contributed by atoms with Crippen LogP contribution in [0, 0.1) is 0 Å². The van der Waals surface area contributed by atoms with Crippen molar-refractivity contribution in [1.29, 1.82) is 0 Å². The topological polar surface area (TPSA) is 58.1 Å². The predicted molar refractivity (Wildman–Crippen MR) is 168 cm³/mol. The molecule has 0 aliphatic carbocycles. The van der Waals surface area contributed by atoms with E-state index < -0.39 is 0 Å². The molecule has 0 spiro atoms. The van der Waals surface area contributed by atoms with Crippen LogP contribution in [0.4, 0.5) is 5.69 Å². The summed E-state index contributed by atoms with van der Waals surface area (Å²) >= 11 is 0. The lowest BCUT2D eigenvalue weighted by molar-refractivity contribution is -0.114. The Morgan fingerprint density at radius 2 is 1.71 bits per heavy atom. The first-order valence-electron chi connectivity index (χ1n) is 14.9. The fraction of sp³-hybridized carbons (Fsp3) is 0.306. The molecule has 2 atom stereocenters. The van der Waals surface area contributed by atoms with Gasteiger partial charge in [-0.25, -0.2) is 0 Å². The standard InChI is InChI=1S/C36H38N4O/c1-25-18-33(36(41)26(2)30-13-14-34(38-23-30)28-10-6-5-7-11-28)32-20-29(12-15-35(32)39-25)31-19-27(21-37-22-31)24-40-16-8-3-4-9-17-40/h5-7,10-15,18-23,25-26,39H,3-4,8-9,16-17,24H2,1-2H3. The maximum Gasteiger partial charge on any atom is 0.170 e. The Balaban J connectivity index is 1.25. The summed E-state index contributed by atoms with van der Waals surface area (Å²) < 4.78 is 0. The average Bonchev–Trinajstić information content (AvgIpc) is 3.29. The first kappa shape index (κ1) is 27.1. The molecule has 0 radical (unpaired) electrons. The van der Waals surface area contributed by atoms with Crippen LogP contribution in [0.25, 0.3) is 28.0 Å². The third-order valence-electron chi connectivity index (χ3n) is 8.36. The van der Waals surface area contributed by atoms with Crippen molar-refractivity contribution in [3.63, 3.8) is 0 Å². The monoisotopic (exact) mass is 542 g/mol. The number of nitrogens with one attached hydrogen (secondary N) is 1. The number of hydrogen-bond donors (Lipinski definition) is 1. The third-order valence-corrected chi connectivity index (χ3v) is 8.36. The molecule has 0 bridgehead atoms. The van der Waals surface area contributed by atoms with Gasteiger partial charge in [-0.3, -0.25) is 19.7 Å². The van der Waals surface area contributed by atoms with Gasteiger partial charge in [-0.15, -0.1) is 0 Å². The second-order valence-electron chi connectivity index (χ2n) is 11.5. The summed E-state index contributed by atoms with van der Waals surface area (Å²) in [5.41, 5.74) is 9.00. The maximum atomic E-state index is 14.0. The molecular weight excluding hydrogens is 504 g/mol. The quantitative estimate of drug-likeness (QED) is 0.259. The number of anilines is 1. The van der Waals surface area contributed by atoms with Crippen LogP contribution in [0.3, 0.4) is 0 Å². The lowest BCUT2D eigenvalue weighted by Crippen LogP contribution is -2.24. The molecule has 0 amide bonds. The second kappa shape index (κ2) is 12.2. The largest absolute Gasteiger partial charge is 0.379 e. The van der Waals surface area contributed by atoms with E-state index in [0.29, 0.717) is 0 Å². The molecular formula is C36H38N4O. The molecule has 1 saturated heterocycles. The number of hydrogen-bond acceptors (Lipinski definition) is 5. The highest BCUT2D eigenvalue weighted by Gasteiger charge is 2.27. The van der Waals surface area contributed by atoms with Gasteiger partial charge in [0.1, 0.15) is 0 Å². The van der Waals surface area contributed by atoms with Gasteiger partial charge in [0.2, 0.25) is 0 Å². The Bertz CT molecular complexity index is 1540. The smallest absolute Gasteiger partial charge is 0.170 e. The molecule has 41 heavy (non-hydrogen) atoms. The lowest BCUT2D eigenvalue weighted by Gasteiger charge is -2.26. The summed E-state index contributed by atoms with van der Waals surface area (Å²) in [6.07, 6.45) is 13.0. The molecule has 2 aromatic carbocycles. The van der Waals surface area contributed by atoms with E-state index in [9.17, 15) is 4.79 Å². The van der Waals surface area contributed by atoms with Gasteiger partial charge >= 0.3 is 0 Å². The minimum absolute atomic E-state index is 0.0664. The van der Waals surface area contributed by atoms with Crippen LogP contribution >= 0.6 is 0 Å². The zero-order valence-electron chi connectivity index (χ0n) is 24.0. The SMILES string of the molecule is CC1C=C(C(=O)C(C)c2ccc(-c3ccccc3)nc2)c2cc(-c3cncc(CN4CCCCCC4)c3)ccc2N1. The minimum Gasteiger partial charge on any atom is -0.379 e. The van der Waals surface area contributed by atoms with Crippen molar-refractivity contribution in [3.8, 4) is 22.4 Å². The highest BCUT2D eigenvalue weighted by molar-refractivity contribution is 6.25. The lowest BCUT2D eigenvalue weighted by atomic mass is 9.85. The Kier molecular flexibility index (Phi) is 8.06. The third kappa shape index (κ3) is 6.15. The Hall–Kier alpha value is -4.09. The molecule has 4 heterocycles. The van der Waals surface area contributed by atoms with E-state index in [1.54, 1.807) is 0 Å². The summed E-state index contributed by atoms with van der Waals surface area (Å²) in [4.78, 5) is 25.8. The van der Waals surface area contributed by atoms with Crippen molar-refractivity contribution >= 4 is 17.0 Å². The summed E-state index contributed by atoms with van der Waals surface area (Å²) in [6, 6.07) is 22.9. The van der Waals surface area contributed by atoms with E-state index in [1.807, 2.05) is 68.0 Å². The number of Topliss-reactive ketones (excluding diaryl/α,β-unsaturated/α-hetero) is 1. The van der Waals surface area contributed by atoms with Gasteiger partial charge in [0.05, 0.1) is 5.69 Å². The van der Waals surface area contributed by atoms with Crippen LogP contribution in [0.5, 0.6) is 0 Å². The van der Waals surface area contributed by atoms with Gasteiger partial charge in [-0.1, -0.05) is 68.3 Å². The van der Waals surface area contributed by atoms with Crippen LogP contribution in [-0.2, 0) is 11.3 Å². The number of allylic oxidation sites excluding steroid dienone is 1. The van der Waals surface area contributed by atoms with Crippen LogP contribution in [0.2, 0.25) is 0 Å². The predicted octanol–water partition coefficient (Wildman–Crippen LogP) is 7.76. The number of carbonyl (C=O) groups is 1. The van der Waals surface area contributed by atoms with Crippen molar-refractivity contribution in [2.24, 2.45) is 0 Å². The Morgan fingerprint density at radius 1 is 0.902 bits per heavy atom. The van der Waals surface area contributed by atoms with E-state index in [0.717, 1.165) is 64.4 Å². The number of pyridine rings is 2. The maximum absolute atomic E-state index is 14.0.